The van der Waals surface area contributed by atoms with Gasteiger partial charge in [-0.25, -0.2) is 13.1 Å². The molecule has 1 aromatic rings. The first kappa shape index (κ1) is 15.8. The second-order valence-electron chi connectivity index (χ2n) is 5.39. The van der Waals surface area contributed by atoms with Crippen molar-refractivity contribution in [3.8, 4) is 0 Å². The Morgan fingerprint density at radius 1 is 1.30 bits per heavy atom. The second-order valence-corrected chi connectivity index (χ2v) is 7.66. The van der Waals surface area contributed by atoms with E-state index in [1.165, 1.54) is 11.8 Å². The van der Waals surface area contributed by atoms with Crippen LogP contribution in [-0.2, 0) is 10.0 Å². The molecule has 0 aromatic heterocycles. The Morgan fingerprint density at radius 3 is 2.70 bits per heavy atom. The highest BCUT2D eigenvalue weighted by Crippen LogP contribution is 2.37. The van der Waals surface area contributed by atoms with Gasteiger partial charge in [-0.2, -0.15) is 0 Å². The van der Waals surface area contributed by atoms with Gasteiger partial charge in [0.2, 0.25) is 10.0 Å². The lowest BCUT2D eigenvalue weighted by molar-refractivity contribution is 0.291. The number of sulfonamides is 1. The minimum absolute atomic E-state index is 0.496. The van der Waals surface area contributed by atoms with Gasteiger partial charge in [0.1, 0.15) is 0 Å². The van der Waals surface area contributed by atoms with Crippen LogP contribution in [-0.4, -0.2) is 33.8 Å². The Labute approximate surface area is 126 Å². The molecule has 4 nitrogen and oxygen atoms in total. The smallest absolute Gasteiger partial charge is 0.208 e. The first-order valence-corrected chi connectivity index (χ1v) is 9.14. The van der Waals surface area contributed by atoms with Crippen LogP contribution in [0, 0.1) is 0 Å². The predicted molar refractivity (Wildman–Crippen MR) is 82.7 cm³/mol. The minimum atomic E-state index is -3.06. The van der Waals surface area contributed by atoms with Crippen molar-refractivity contribution in [2.75, 3.05) is 19.3 Å². The van der Waals surface area contributed by atoms with Crippen molar-refractivity contribution >= 4 is 21.6 Å². The van der Waals surface area contributed by atoms with Crippen LogP contribution in [0.5, 0.6) is 0 Å². The molecule has 112 valence electrons. The van der Waals surface area contributed by atoms with E-state index < -0.39 is 10.0 Å². The number of nitrogens with one attached hydrogen (secondary N) is 2. The monoisotopic (exact) mass is 316 g/mol. The molecule has 0 unspecified atom stereocenters. The molecule has 1 fully saturated rings. The molecule has 20 heavy (non-hydrogen) atoms. The number of halogens is 1. The van der Waals surface area contributed by atoms with E-state index in [1.54, 1.807) is 0 Å². The molecule has 0 atom stereocenters. The third kappa shape index (κ3) is 5.05. The van der Waals surface area contributed by atoms with E-state index >= 15 is 0 Å². The summed E-state index contributed by atoms with van der Waals surface area (Å²) in [5.41, 5.74) is 1.31. The number of benzene rings is 1. The molecule has 0 aliphatic heterocycles. The number of rotatable bonds is 7. The topological polar surface area (TPSA) is 58.2 Å². The number of hydrogen-bond acceptors (Lipinski definition) is 3. The van der Waals surface area contributed by atoms with Crippen molar-refractivity contribution in [1.29, 1.82) is 0 Å². The quantitative estimate of drug-likeness (QED) is 0.758. The van der Waals surface area contributed by atoms with Gasteiger partial charge in [0, 0.05) is 17.6 Å². The third-order valence-electron chi connectivity index (χ3n) is 3.61. The normalized spacial score (nSPS) is 22.5. The number of hydrogen-bond donors (Lipinski definition) is 2. The Bertz CT molecular complexity index is 542. The molecule has 0 amide bonds. The van der Waals surface area contributed by atoms with Crippen molar-refractivity contribution in [3.63, 3.8) is 0 Å². The van der Waals surface area contributed by atoms with Gasteiger partial charge >= 0.3 is 0 Å². The highest BCUT2D eigenvalue weighted by atomic mass is 35.5. The Kier molecular flexibility index (Phi) is 5.43. The molecule has 0 spiro atoms. The average Bonchev–Trinajstić information content (AvgIpc) is 2.29. The van der Waals surface area contributed by atoms with Gasteiger partial charge in [0.05, 0.1) is 6.26 Å². The van der Waals surface area contributed by atoms with Crippen molar-refractivity contribution in [3.05, 3.63) is 34.9 Å². The first-order chi connectivity index (χ1) is 9.44. The lowest BCUT2D eigenvalue weighted by Gasteiger charge is -2.36. The molecular formula is C14H21ClN2O2S. The molecule has 1 saturated carbocycles. The summed E-state index contributed by atoms with van der Waals surface area (Å²) in [4.78, 5) is 0. The maximum Gasteiger partial charge on any atom is 0.208 e. The molecule has 2 N–H and O–H groups in total. The van der Waals surface area contributed by atoms with Crippen molar-refractivity contribution in [1.82, 2.24) is 10.0 Å². The summed E-state index contributed by atoms with van der Waals surface area (Å²) in [7, 11) is -3.06. The molecule has 1 aromatic carbocycles. The first-order valence-electron chi connectivity index (χ1n) is 6.87. The minimum Gasteiger partial charge on any atom is -0.314 e. The lowest BCUT2D eigenvalue weighted by atomic mass is 9.76. The van der Waals surface area contributed by atoms with Crippen molar-refractivity contribution in [2.24, 2.45) is 0 Å². The van der Waals surface area contributed by atoms with E-state index in [9.17, 15) is 8.42 Å². The fourth-order valence-electron chi connectivity index (χ4n) is 2.47. The largest absolute Gasteiger partial charge is 0.314 e. The lowest BCUT2D eigenvalue weighted by Crippen LogP contribution is -2.41. The van der Waals surface area contributed by atoms with E-state index in [0.717, 1.165) is 30.8 Å². The van der Waals surface area contributed by atoms with Crippen molar-refractivity contribution < 1.29 is 8.42 Å². The molecule has 2 rings (SSSR count). The molecule has 0 bridgehead atoms. The summed E-state index contributed by atoms with van der Waals surface area (Å²) in [5.74, 6) is 0.598. The zero-order chi connectivity index (χ0) is 14.6. The van der Waals surface area contributed by atoms with Crippen LogP contribution >= 0.6 is 11.6 Å². The molecular weight excluding hydrogens is 296 g/mol. The van der Waals surface area contributed by atoms with E-state index in [0.29, 0.717) is 18.5 Å². The summed E-state index contributed by atoms with van der Waals surface area (Å²) in [6, 6.07) is 8.60. The molecule has 1 aliphatic carbocycles. The van der Waals surface area contributed by atoms with Gasteiger partial charge in [-0.3, -0.25) is 0 Å². The fraction of sp³-hybridized carbons (Fsp3) is 0.571. The van der Waals surface area contributed by atoms with Crippen LogP contribution in [0.2, 0.25) is 5.02 Å². The maximum atomic E-state index is 10.9. The third-order valence-corrected chi connectivity index (χ3v) is 4.57. The van der Waals surface area contributed by atoms with Crippen LogP contribution in [0.15, 0.2) is 24.3 Å². The SMILES string of the molecule is CS(=O)(=O)NCCCNC1CC(c2cccc(Cl)c2)C1. The Hall–Kier alpha value is -0.620. The van der Waals surface area contributed by atoms with E-state index in [-0.39, 0.29) is 0 Å². The Morgan fingerprint density at radius 2 is 2.05 bits per heavy atom. The predicted octanol–water partition coefficient (Wildman–Crippen LogP) is 2.11. The van der Waals surface area contributed by atoms with E-state index in [4.69, 9.17) is 11.6 Å². The van der Waals surface area contributed by atoms with Gasteiger partial charge in [-0.15, -0.1) is 0 Å². The van der Waals surface area contributed by atoms with E-state index in [1.807, 2.05) is 18.2 Å². The molecule has 6 heteroatoms. The second kappa shape index (κ2) is 6.89. The fourth-order valence-corrected chi connectivity index (χ4v) is 3.18. The van der Waals surface area contributed by atoms with Gasteiger partial charge in [0.25, 0.3) is 0 Å². The van der Waals surface area contributed by atoms with Crippen molar-refractivity contribution in [2.45, 2.75) is 31.2 Å². The summed E-state index contributed by atoms with van der Waals surface area (Å²) < 4.78 is 24.3. The molecule has 1 aliphatic rings. The molecule has 0 radical (unpaired) electrons. The van der Waals surface area contributed by atoms with Crippen LogP contribution in [0.25, 0.3) is 0 Å². The Balaban J connectivity index is 1.60. The van der Waals surface area contributed by atoms with Crippen LogP contribution in [0.4, 0.5) is 0 Å². The van der Waals surface area contributed by atoms with Crippen LogP contribution < -0.4 is 10.0 Å². The van der Waals surface area contributed by atoms with Gasteiger partial charge in [0.15, 0.2) is 0 Å². The zero-order valence-electron chi connectivity index (χ0n) is 11.6. The highest BCUT2D eigenvalue weighted by Gasteiger charge is 2.29. The summed E-state index contributed by atoms with van der Waals surface area (Å²) in [6.45, 7) is 1.34. The van der Waals surface area contributed by atoms with Gasteiger partial charge in [-0.1, -0.05) is 23.7 Å². The average molecular weight is 317 g/mol. The van der Waals surface area contributed by atoms with Crippen LogP contribution in [0.3, 0.4) is 0 Å². The highest BCUT2D eigenvalue weighted by molar-refractivity contribution is 7.88. The standard InChI is InChI=1S/C14H21ClN2O2S/c1-20(18,19)17-7-3-6-16-14-9-12(10-14)11-4-2-5-13(15)8-11/h2,4-5,8,12,14,16-17H,3,6-7,9-10H2,1H3. The van der Waals surface area contributed by atoms with Crippen LogP contribution in [0.1, 0.15) is 30.7 Å². The van der Waals surface area contributed by atoms with Gasteiger partial charge in [-0.05, 0) is 49.4 Å². The zero-order valence-corrected chi connectivity index (χ0v) is 13.2. The summed E-state index contributed by atoms with van der Waals surface area (Å²) in [5, 5.41) is 4.25. The van der Waals surface area contributed by atoms with Gasteiger partial charge < -0.3 is 5.32 Å². The summed E-state index contributed by atoms with van der Waals surface area (Å²) in [6.07, 6.45) is 4.24. The molecule has 0 heterocycles. The maximum absolute atomic E-state index is 10.9. The molecule has 0 saturated heterocycles. The van der Waals surface area contributed by atoms with E-state index in [2.05, 4.69) is 16.1 Å². The summed E-state index contributed by atoms with van der Waals surface area (Å²) >= 11 is 5.99.